The monoisotopic (exact) mass is 242 g/mol. The van der Waals surface area contributed by atoms with E-state index in [0.29, 0.717) is 12.5 Å². The van der Waals surface area contributed by atoms with Crippen LogP contribution in [0.15, 0.2) is 5.38 Å². The molecule has 0 radical (unpaired) electrons. The van der Waals surface area contributed by atoms with Gasteiger partial charge in [-0.3, -0.25) is 0 Å². The fourth-order valence-corrected chi connectivity index (χ4v) is 2.45. The normalized spacial score (nSPS) is 12.9. The number of hydrogen-bond donors (Lipinski definition) is 2. The standard InChI is InChI=1S/C12H22N2OS/c1-3-4-11(5-6-15)7-13-8-12-9-16-10(2)14-12/h9,11,13,15H,3-8H2,1-2H3. The highest BCUT2D eigenvalue weighted by Gasteiger charge is 2.06. The Kier molecular flexibility index (Phi) is 6.61. The molecule has 1 aromatic heterocycles. The Morgan fingerprint density at radius 3 is 2.88 bits per heavy atom. The quantitative estimate of drug-likeness (QED) is 0.735. The predicted octanol–water partition coefficient (Wildman–Crippen LogP) is 2.34. The van der Waals surface area contributed by atoms with Crippen molar-refractivity contribution in [1.82, 2.24) is 10.3 Å². The van der Waals surface area contributed by atoms with Crippen molar-refractivity contribution in [1.29, 1.82) is 0 Å². The molecule has 1 rings (SSSR count). The lowest BCUT2D eigenvalue weighted by Gasteiger charge is -2.15. The average Bonchev–Trinajstić information content (AvgIpc) is 2.65. The molecule has 0 saturated carbocycles. The van der Waals surface area contributed by atoms with E-state index in [0.717, 1.165) is 30.2 Å². The number of nitrogens with zero attached hydrogens (tertiary/aromatic N) is 1. The molecule has 0 spiro atoms. The summed E-state index contributed by atoms with van der Waals surface area (Å²) in [5, 5.41) is 15.6. The number of aromatic nitrogens is 1. The van der Waals surface area contributed by atoms with Crippen LogP contribution in [0.1, 0.15) is 36.9 Å². The largest absolute Gasteiger partial charge is 0.396 e. The van der Waals surface area contributed by atoms with Gasteiger partial charge in [-0.1, -0.05) is 13.3 Å². The van der Waals surface area contributed by atoms with E-state index in [1.165, 1.54) is 12.8 Å². The van der Waals surface area contributed by atoms with Crippen LogP contribution in [0, 0.1) is 12.8 Å². The first-order chi connectivity index (χ1) is 7.76. The summed E-state index contributed by atoms with van der Waals surface area (Å²) in [6, 6.07) is 0. The number of aliphatic hydroxyl groups is 1. The van der Waals surface area contributed by atoms with Gasteiger partial charge in [0, 0.05) is 18.5 Å². The van der Waals surface area contributed by atoms with Gasteiger partial charge in [-0.15, -0.1) is 11.3 Å². The summed E-state index contributed by atoms with van der Waals surface area (Å²) < 4.78 is 0. The molecule has 16 heavy (non-hydrogen) atoms. The minimum absolute atomic E-state index is 0.294. The second-order valence-corrected chi connectivity index (χ2v) is 5.22. The van der Waals surface area contributed by atoms with Gasteiger partial charge in [0.25, 0.3) is 0 Å². The number of aryl methyl sites for hydroxylation is 1. The van der Waals surface area contributed by atoms with Gasteiger partial charge < -0.3 is 10.4 Å². The van der Waals surface area contributed by atoms with E-state index < -0.39 is 0 Å². The van der Waals surface area contributed by atoms with Crippen molar-refractivity contribution in [3.63, 3.8) is 0 Å². The number of rotatable bonds is 8. The van der Waals surface area contributed by atoms with Crippen molar-refractivity contribution in [3.8, 4) is 0 Å². The molecule has 1 heterocycles. The average molecular weight is 242 g/mol. The molecule has 2 N–H and O–H groups in total. The molecule has 0 bridgehead atoms. The molecule has 1 unspecified atom stereocenters. The van der Waals surface area contributed by atoms with Gasteiger partial charge in [0.05, 0.1) is 10.7 Å². The Bertz CT molecular complexity index is 282. The van der Waals surface area contributed by atoms with Crippen molar-refractivity contribution in [2.45, 2.75) is 39.7 Å². The highest BCUT2D eigenvalue weighted by Crippen LogP contribution is 2.11. The maximum atomic E-state index is 8.94. The zero-order valence-corrected chi connectivity index (χ0v) is 11.0. The molecule has 0 fully saturated rings. The lowest BCUT2D eigenvalue weighted by atomic mass is 10.0. The summed E-state index contributed by atoms with van der Waals surface area (Å²) in [5.41, 5.74) is 1.13. The van der Waals surface area contributed by atoms with Crippen molar-refractivity contribution in [2.24, 2.45) is 5.92 Å². The highest BCUT2D eigenvalue weighted by molar-refractivity contribution is 7.09. The maximum Gasteiger partial charge on any atom is 0.0897 e. The van der Waals surface area contributed by atoms with Gasteiger partial charge in [-0.05, 0) is 32.2 Å². The second kappa shape index (κ2) is 7.76. The van der Waals surface area contributed by atoms with E-state index >= 15 is 0 Å². The fraction of sp³-hybridized carbons (Fsp3) is 0.750. The third-order valence-electron chi connectivity index (χ3n) is 2.64. The number of thiazole rings is 1. The van der Waals surface area contributed by atoms with Crippen molar-refractivity contribution < 1.29 is 5.11 Å². The van der Waals surface area contributed by atoms with E-state index in [4.69, 9.17) is 5.11 Å². The first kappa shape index (κ1) is 13.6. The maximum absolute atomic E-state index is 8.94. The van der Waals surface area contributed by atoms with E-state index in [2.05, 4.69) is 22.6 Å². The lowest BCUT2D eigenvalue weighted by molar-refractivity contribution is 0.248. The van der Waals surface area contributed by atoms with Gasteiger partial charge in [0.15, 0.2) is 0 Å². The van der Waals surface area contributed by atoms with Crippen LogP contribution in [0.25, 0.3) is 0 Å². The van der Waals surface area contributed by atoms with Gasteiger partial charge >= 0.3 is 0 Å². The predicted molar refractivity (Wildman–Crippen MR) is 68.7 cm³/mol. The Hall–Kier alpha value is -0.450. The van der Waals surface area contributed by atoms with Crippen molar-refractivity contribution in [2.75, 3.05) is 13.2 Å². The Balaban J connectivity index is 2.21. The second-order valence-electron chi connectivity index (χ2n) is 4.16. The SMILES string of the molecule is CCCC(CCO)CNCc1csc(C)n1. The summed E-state index contributed by atoms with van der Waals surface area (Å²) in [6.07, 6.45) is 3.27. The van der Waals surface area contributed by atoms with Crippen molar-refractivity contribution >= 4 is 11.3 Å². The van der Waals surface area contributed by atoms with E-state index in [1.807, 2.05) is 6.92 Å². The molecule has 4 heteroatoms. The molecule has 0 aliphatic rings. The van der Waals surface area contributed by atoms with Crippen LogP contribution in [0.5, 0.6) is 0 Å². The highest BCUT2D eigenvalue weighted by atomic mass is 32.1. The Labute approximate surface area is 102 Å². The minimum atomic E-state index is 0.294. The Morgan fingerprint density at radius 1 is 1.50 bits per heavy atom. The third kappa shape index (κ3) is 5.05. The van der Waals surface area contributed by atoms with Crippen LogP contribution >= 0.6 is 11.3 Å². The molecule has 0 aromatic carbocycles. The van der Waals surface area contributed by atoms with Gasteiger partial charge in [0.2, 0.25) is 0 Å². The molecular formula is C12H22N2OS. The van der Waals surface area contributed by atoms with Gasteiger partial charge in [0.1, 0.15) is 0 Å². The molecule has 1 atom stereocenters. The first-order valence-corrected chi connectivity index (χ1v) is 6.86. The Morgan fingerprint density at radius 2 is 2.31 bits per heavy atom. The molecule has 1 aromatic rings. The molecule has 92 valence electrons. The summed E-state index contributed by atoms with van der Waals surface area (Å²) in [4.78, 5) is 4.41. The molecule has 0 amide bonds. The van der Waals surface area contributed by atoms with Crippen molar-refractivity contribution in [3.05, 3.63) is 16.1 Å². The van der Waals surface area contributed by atoms with Crippen LogP contribution < -0.4 is 5.32 Å². The number of hydrogen-bond acceptors (Lipinski definition) is 4. The molecule has 3 nitrogen and oxygen atoms in total. The molecule has 0 saturated heterocycles. The summed E-state index contributed by atoms with van der Waals surface area (Å²) in [6.45, 7) is 6.33. The van der Waals surface area contributed by atoms with Gasteiger partial charge in [-0.2, -0.15) is 0 Å². The fourth-order valence-electron chi connectivity index (χ4n) is 1.83. The molecular weight excluding hydrogens is 220 g/mol. The number of nitrogens with one attached hydrogen (secondary N) is 1. The molecule has 0 aliphatic carbocycles. The van der Waals surface area contributed by atoms with Gasteiger partial charge in [-0.25, -0.2) is 4.98 Å². The summed E-state index contributed by atoms with van der Waals surface area (Å²) in [5.74, 6) is 0.592. The van der Waals surface area contributed by atoms with Crippen LogP contribution in [-0.4, -0.2) is 23.2 Å². The van der Waals surface area contributed by atoms with Crippen LogP contribution in [-0.2, 0) is 6.54 Å². The summed E-state index contributed by atoms with van der Waals surface area (Å²) in [7, 11) is 0. The first-order valence-electron chi connectivity index (χ1n) is 5.98. The smallest absolute Gasteiger partial charge is 0.0897 e. The van der Waals surface area contributed by atoms with Crippen LogP contribution in [0.4, 0.5) is 0 Å². The molecule has 0 aliphatic heterocycles. The zero-order valence-electron chi connectivity index (χ0n) is 10.2. The van der Waals surface area contributed by atoms with Crippen LogP contribution in [0.2, 0.25) is 0 Å². The minimum Gasteiger partial charge on any atom is -0.396 e. The topological polar surface area (TPSA) is 45.1 Å². The van der Waals surface area contributed by atoms with E-state index in [-0.39, 0.29) is 0 Å². The van der Waals surface area contributed by atoms with E-state index in [9.17, 15) is 0 Å². The number of aliphatic hydroxyl groups excluding tert-OH is 1. The van der Waals surface area contributed by atoms with Crippen LogP contribution in [0.3, 0.4) is 0 Å². The summed E-state index contributed by atoms with van der Waals surface area (Å²) >= 11 is 1.69. The lowest BCUT2D eigenvalue weighted by Crippen LogP contribution is -2.23. The zero-order chi connectivity index (χ0) is 11.8. The van der Waals surface area contributed by atoms with E-state index in [1.54, 1.807) is 11.3 Å². The third-order valence-corrected chi connectivity index (χ3v) is 3.46.